The molecule has 1 aromatic rings. The van der Waals surface area contributed by atoms with E-state index < -0.39 is 0 Å². The molecule has 1 unspecified atom stereocenters. The van der Waals surface area contributed by atoms with Crippen molar-refractivity contribution in [2.75, 3.05) is 19.6 Å². The summed E-state index contributed by atoms with van der Waals surface area (Å²) in [5.41, 5.74) is 2.72. The van der Waals surface area contributed by atoms with Gasteiger partial charge in [-0.3, -0.25) is 4.90 Å². The molecule has 1 aromatic carbocycles. The molecule has 0 aromatic heterocycles. The molecule has 1 heterocycles. The first-order valence-corrected chi connectivity index (χ1v) is 9.07. The Bertz CT molecular complexity index is 513. The van der Waals surface area contributed by atoms with Gasteiger partial charge >= 0.3 is 6.03 Å². The standard InChI is InChI=1S/C19H31N3O2/c1-3-18(23)8-11-20-19(24)21-17-9-12-22(13-10-17)14-16-7-5-4-6-15(16)2/h4-7,17-18,23H,3,8-14H2,1-2H3,(H2,20,21,24). The molecule has 3 N–H and O–H groups in total. The maximum atomic E-state index is 11.9. The van der Waals surface area contributed by atoms with Crippen LogP contribution in [0.5, 0.6) is 0 Å². The minimum absolute atomic E-state index is 0.115. The molecule has 2 amide bonds. The number of hydrogen-bond acceptors (Lipinski definition) is 3. The van der Waals surface area contributed by atoms with E-state index in [1.54, 1.807) is 0 Å². The van der Waals surface area contributed by atoms with E-state index in [2.05, 4.69) is 46.7 Å². The van der Waals surface area contributed by atoms with Crippen LogP contribution in [0.2, 0.25) is 0 Å². The number of aryl methyl sites for hydroxylation is 1. The third-order valence-corrected chi connectivity index (χ3v) is 4.81. The van der Waals surface area contributed by atoms with Crippen LogP contribution in [0, 0.1) is 6.92 Å². The highest BCUT2D eigenvalue weighted by atomic mass is 16.3. The first-order valence-electron chi connectivity index (χ1n) is 9.07. The Kier molecular flexibility index (Phi) is 7.53. The second kappa shape index (κ2) is 9.64. The number of hydrogen-bond donors (Lipinski definition) is 3. The number of amides is 2. The molecule has 1 aliphatic rings. The van der Waals surface area contributed by atoms with Gasteiger partial charge < -0.3 is 15.7 Å². The maximum Gasteiger partial charge on any atom is 0.315 e. The molecule has 134 valence electrons. The molecule has 5 heteroatoms. The molecule has 2 rings (SSSR count). The molecule has 1 aliphatic heterocycles. The summed E-state index contributed by atoms with van der Waals surface area (Å²) in [6, 6.07) is 8.65. The van der Waals surface area contributed by atoms with E-state index in [0.717, 1.165) is 38.9 Å². The van der Waals surface area contributed by atoms with Gasteiger partial charge in [0.05, 0.1) is 6.10 Å². The first kappa shape index (κ1) is 18.7. The van der Waals surface area contributed by atoms with Gasteiger partial charge in [-0.15, -0.1) is 0 Å². The van der Waals surface area contributed by atoms with Gasteiger partial charge in [0.1, 0.15) is 0 Å². The summed E-state index contributed by atoms with van der Waals surface area (Å²) in [7, 11) is 0. The fourth-order valence-corrected chi connectivity index (χ4v) is 3.06. The van der Waals surface area contributed by atoms with E-state index in [1.807, 2.05) is 6.92 Å². The predicted octanol–water partition coefficient (Wildman–Crippen LogP) is 2.42. The lowest BCUT2D eigenvalue weighted by Crippen LogP contribution is -2.48. The molecule has 5 nitrogen and oxygen atoms in total. The Morgan fingerprint density at radius 1 is 1.33 bits per heavy atom. The van der Waals surface area contributed by atoms with Crippen LogP contribution >= 0.6 is 0 Å². The second-order valence-electron chi connectivity index (χ2n) is 6.73. The van der Waals surface area contributed by atoms with E-state index in [4.69, 9.17) is 0 Å². The van der Waals surface area contributed by atoms with Gasteiger partial charge in [-0.2, -0.15) is 0 Å². The average molecular weight is 333 g/mol. The molecule has 0 radical (unpaired) electrons. The minimum atomic E-state index is -0.324. The maximum absolute atomic E-state index is 11.9. The van der Waals surface area contributed by atoms with Crippen molar-refractivity contribution in [3.05, 3.63) is 35.4 Å². The summed E-state index contributed by atoms with van der Waals surface area (Å²) in [5.74, 6) is 0. The van der Waals surface area contributed by atoms with E-state index in [1.165, 1.54) is 11.1 Å². The van der Waals surface area contributed by atoms with E-state index in [9.17, 15) is 9.90 Å². The van der Waals surface area contributed by atoms with E-state index in [-0.39, 0.29) is 18.2 Å². The van der Waals surface area contributed by atoms with Crippen LogP contribution in [-0.4, -0.2) is 47.8 Å². The zero-order chi connectivity index (χ0) is 17.4. The molecule has 0 spiro atoms. The minimum Gasteiger partial charge on any atom is -0.393 e. The number of aliphatic hydroxyl groups is 1. The number of nitrogens with zero attached hydrogens (tertiary/aromatic N) is 1. The van der Waals surface area contributed by atoms with Gasteiger partial charge in [0, 0.05) is 32.2 Å². The second-order valence-corrected chi connectivity index (χ2v) is 6.73. The number of carbonyl (C=O) groups excluding carboxylic acids is 1. The molecule has 0 bridgehead atoms. The number of piperidine rings is 1. The van der Waals surface area contributed by atoms with Crippen LogP contribution < -0.4 is 10.6 Å². The predicted molar refractivity (Wildman–Crippen MR) is 96.9 cm³/mol. The average Bonchev–Trinajstić information content (AvgIpc) is 2.58. The lowest BCUT2D eigenvalue weighted by Gasteiger charge is -2.32. The molecular weight excluding hydrogens is 302 g/mol. The van der Waals surface area contributed by atoms with Crippen LogP contribution in [0.15, 0.2) is 24.3 Å². The molecular formula is C19H31N3O2. The Morgan fingerprint density at radius 3 is 2.71 bits per heavy atom. The van der Waals surface area contributed by atoms with Gasteiger partial charge in [0.15, 0.2) is 0 Å². The molecule has 1 fully saturated rings. The molecule has 1 saturated heterocycles. The molecule has 0 aliphatic carbocycles. The topological polar surface area (TPSA) is 64.6 Å². The smallest absolute Gasteiger partial charge is 0.315 e. The largest absolute Gasteiger partial charge is 0.393 e. The van der Waals surface area contributed by atoms with Crippen molar-refractivity contribution in [3.63, 3.8) is 0 Å². The normalized spacial score (nSPS) is 17.5. The summed E-state index contributed by atoms with van der Waals surface area (Å²) >= 11 is 0. The van der Waals surface area contributed by atoms with Crippen LogP contribution in [0.4, 0.5) is 4.79 Å². The van der Waals surface area contributed by atoms with Crippen LogP contribution in [0.1, 0.15) is 43.7 Å². The fraction of sp³-hybridized carbons (Fsp3) is 0.632. The highest BCUT2D eigenvalue weighted by Crippen LogP contribution is 2.16. The highest BCUT2D eigenvalue weighted by molar-refractivity contribution is 5.74. The highest BCUT2D eigenvalue weighted by Gasteiger charge is 2.20. The summed E-state index contributed by atoms with van der Waals surface area (Å²) in [6.45, 7) is 7.62. The van der Waals surface area contributed by atoms with Crippen LogP contribution in [0.25, 0.3) is 0 Å². The Hall–Kier alpha value is -1.59. The Labute approximate surface area is 145 Å². The van der Waals surface area contributed by atoms with Crippen molar-refractivity contribution < 1.29 is 9.90 Å². The summed E-state index contributed by atoms with van der Waals surface area (Å²) in [6.07, 6.45) is 2.98. The first-order chi connectivity index (χ1) is 11.6. The lowest BCUT2D eigenvalue weighted by atomic mass is 10.0. The zero-order valence-corrected chi connectivity index (χ0v) is 14.9. The number of likely N-dealkylation sites (tertiary alicyclic amines) is 1. The molecule has 0 saturated carbocycles. The van der Waals surface area contributed by atoms with Crippen molar-refractivity contribution in [3.8, 4) is 0 Å². The lowest BCUT2D eigenvalue weighted by molar-refractivity contribution is 0.159. The van der Waals surface area contributed by atoms with Gasteiger partial charge in [-0.1, -0.05) is 31.2 Å². The summed E-state index contributed by atoms with van der Waals surface area (Å²) in [5, 5.41) is 15.4. The van der Waals surface area contributed by atoms with Crippen molar-refractivity contribution in [2.45, 2.75) is 58.2 Å². The number of carbonyl (C=O) groups is 1. The zero-order valence-electron chi connectivity index (χ0n) is 14.9. The Morgan fingerprint density at radius 2 is 2.04 bits per heavy atom. The monoisotopic (exact) mass is 333 g/mol. The number of benzene rings is 1. The Balaban J connectivity index is 1.65. The molecule has 1 atom stereocenters. The van der Waals surface area contributed by atoms with E-state index in [0.29, 0.717) is 13.0 Å². The SMILES string of the molecule is CCC(O)CCNC(=O)NC1CCN(Cc2ccccc2C)CC1. The van der Waals surface area contributed by atoms with Crippen molar-refractivity contribution in [2.24, 2.45) is 0 Å². The quantitative estimate of drug-likeness (QED) is 0.718. The third-order valence-electron chi connectivity index (χ3n) is 4.81. The van der Waals surface area contributed by atoms with E-state index >= 15 is 0 Å². The number of urea groups is 1. The fourth-order valence-electron chi connectivity index (χ4n) is 3.06. The molecule has 24 heavy (non-hydrogen) atoms. The summed E-state index contributed by atoms with van der Waals surface area (Å²) < 4.78 is 0. The number of nitrogens with one attached hydrogen (secondary N) is 2. The van der Waals surface area contributed by atoms with Crippen LogP contribution in [0.3, 0.4) is 0 Å². The number of aliphatic hydroxyl groups excluding tert-OH is 1. The van der Waals surface area contributed by atoms with Gasteiger partial charge in [0.25, 0.3) is 0 Å². The van der Waals surface area contributed by atoms with Crippen molar-refractivity contribution in [1.82, 2.24) is 15.5 Å². The van der Waals surface area contributed by atoms with Crippen molar-refractivity contribution in [1.29, 1.82) is 0 Å². The number of rotatable bonds is 7. The third kappa shape index (κ3) is 6.13. The van der Waals surface area contributed by atoms with Crippen LogP contribution in [-0.2, 0) is 6.54 Å². The summed E-state index contributed by atoms with van der Waals surface area (Å²) in [4.78, 5) is 14.3. The van der Waals surface area contributed by atoms with Crippen molar-refractivity contribution >= 4 is 6.03 Å². The van der Waals surface area contributed by atoms with Gasteiger partial charge in [-0.25, -0.2) is 4.79 Å². The van der Waals surface area contributed by atoms with Gasteiger partial charge in [0.2, 0.25) is 0 Å². The van der Waals surface area contributed by atoms with Gasteiger partial charge in [-0.05, 0) is 43.7 Å².